The lowest BCUT2D eigenvalue weighted by molar-refractivity contribution is 0.0601. The van der Waals surface area contributed by atoms with Crippen LogP contribution in [0.4, 0.5) is 0 Å². The average molecular weight is 384 g/mol. The number of aromatic nitrogens is 1. The zero-order chi connectivity index (χ0) is 18.5. The molecule has 144 valence electrons. The Hall–Kier alpha value is -1.72. The van der Waals surface area contributed by atoms with Gasteiger partial charge in [-0.25, -0.2) is 4.98 Å². The quantitative estimate of drug-likeness (QED) is 0.781. The molecule has 1 aliphatic carbocycles. The predicted octanol–water partition coefficient (Wildman–Crippen LogP) is 4.07. The summed E-state index contributed by atoms with van der Waals surface area (Å²) in [5.41, 5.74) is 1.86. The highest BCUT2D eigenvalue weighted by Crippen LogP contribution is 2.25. The molecule has 2 heterocycles. The van der Waals surface area contributed by atoms with Crippen LogP contribution in [0, 0.1) is 5.92 Å². The number of rotatable bonds is 5. The zero-order valence-corrected chi connectivity index (χ0v) is 16.8. The van der Waals surface area contributed by atoms with Crippen LogP contribution in [0.15, 0.2) is 35.7 Å². The Morgan fingerprint density at radius 2 is 1.78 bits per heavy atom. The van der Waals surface area contributed by atoms with Crippen molar-refractivity contribution in [3.05, 3.63) is 52.0 Å². The van der Waals surface area contributed by atoms with Crippen LogP contribution in [0.1, 0.15) is 53.2 Å². The van der Waals surface area contributed by atoms with Crippen LogP contribution in [0.3, 0.4) is 0 Å². The van der Waals surface area contributed by atoms with Gasteiger partial charge >= 0.3 is 0 Å². The second-order valence-corrected chi connectivity index (χ2v) is 8.83. The minimum absolute atomic E-state index is 0.0999. The third-order valence-corrected chi connectivity index (χ3v) is 6.72. The minimum atomic E-state index is 0.0999. The monoisotopic (exact) mass is 383 g/mol. The number of carbonyl (C=O) groups excluding carboxylic acids is 1. The van der Waals surface area contributed by atoms with Crippen molar-refractivity contribution in [3.63, 3.8) is 0 Å². The highest BCUT2D eigenvalue weighted by Gasteiger charge is 2.25. The summed E-state index contributed by atoms with van der Waals surface area (Å²) < 4.78 is 0. The number of benzene rings is 1. The van der Waals surface area contributed by atoms with Gasteiger partial charge in [0.15, 0.2) is 0 Å². The van der Waals surface area contributed by atoms with E-state index in [2.05, 4.69) is 22.0 Å². The second kappa shape index (κ2) is 8.98. The van der Waals surface area contributed by atoms with E-state index in [-0.39, 0.29) is 5.91 Å². The molecular weight excluding hydrogens is 354 g/mol. The Labute approximate surface area is 166 Å². The van der Waals surface area contributed by atoms with Gasteiger partial charge in [-0.2, -0.15) is 0 Å². The van der Waals surface area contributed by atoms with Gasteiger partial charge in [-0.3, -0.25) is 9.69 Å². The van der Waals surface area contributed by atoms with Gasteiger partial charge in [0.25, 0.3) is 5.91 Å². The Morgan fingerprint density at radius 3 is 2.52 bits per heavy atom. The molecule has 0 atom stereocenters. The Balaban J connectivity index is 1.28. The van der Waals surface area contributed by atoms with Crippen molar-refractivity contribution in [3.8, 4) is 0 Å². The molecule has 2 fully saturated rings. The summed E-state index contributed by atoms with van der Waals surface area (Å²) in [5, 5.41) is 2.94. The van der Waals surface area contributed by atoms with Crippen LogP contribution in [-0.4, -0.2) is 53.4 Å². The van der Waals surface area contributed by atoms with E-state index in [1.165, 1.54) is 44.2 Å². The Morgan fingerprint density at radius 1 is 1.04 bits per heavy atom. The van der Waals surface area contributed by atoms with Gasteiger partial charge in [0.1, 0.15) is 5.69 Å². The summed E-state index contributed by atoms with van der Waals surface area (Å²) >= 11 is 1.59. The standard InChI is InChI=1S/C22H29N3OS/c26-22(20-17-27-21(23-20)15-18-7-3-1-4-8-18)25-13-11-24(12-14-25)16-19-9-5-2-6-10-19/h1,3-4,7-8,17,19H,2,5-6,9-16H2. The highest BCUT2D eigenvalue weighted by molar-refractivity contribution is 7.09. The lowest BCUT2D eigenvalue weighted by Gasteiger charge is -2.37. The molecule has 0 radical (unpaired) electrons. The van der Waals surface area contributed by atoms with Crippen LogP contribution in [0.5, 0.6) is 0 Å². The maximum absolute atomic E-state index is 12.8. The first-order valence-electron chi connectivity index (χ1n) is 10.3. The van der Waals surface area contributed by atoms with Gasteiger partial charge in [-0.15, -0.1) is 11.3 Å². The summed E-state index contributed by atoms with van der Waals surface area (Å²) in [6.07, 6.45) is 7.80. The number of carbonyl (C=O) groups is 1. The third kappa shape index (κ3) is 4.96. The van der Waals surface area contributed by atoms with Crippen LogP contribution in [0.2, 0.25) is 0 Å². The molecule has 4 rings (SSSR count). The van der Waals surface area contributed by atoms with E-state index in [0.717, 1.165) is 43.5 Å². The smallest absolute Gasteiger partial charge is 0.273 e. The molecule has 4 nitrogen and oxygen atoms in total. The number of hydrogen-bond acceptors (Lipinski definition) is 4. The summed E-state index contributed by atoms with van der Waals surface area (Å²) in [6.45, 7) is 4.89. The maximum atomic E-state index is 12.8. The molecule has 0 bridgehead atoms. The summed E-state index contributed by atoms with van der Waals surface area (Å²) in [6, 6.07) is 10.3. The molecule has 0 unspecified atom stereocenters. The predicted molar refractivity (Wildman–Crippen MR) is 110 cm³/mol. The first kappa shape index (κ1) is 18.6. The summed E-state index contributed by atoms with van der Waals surface area (Å²) in [4.78, 5) is 22.0. The molecule has 1 saturated heterocycles. The van der Waals surface area contributed by atoms with Gasteiger partial charge in [-0.05, 0) is 24.3 Å². The van der Waals surface area contributed by atoms with Crippen LogP contribution in [0.25, 0.3) is 0 Å². The maximum Gasteiger partial charge on any atom is 0.273 e. The van der Waals surface area contributed by atoms with Crippen molar-refractivity contribution >= 4 is 17.2 Å². The highest BCUT2D eigenvalue weighted by atomic mass is 32.1. The number of thiazole rings is 1. The fourth-order valence-electron chi connectivity index (χ4n) is 4.29. The van der Waals surface area contributed by atoms with Crippen LogP contribution in [-0.2, 0) is 6.42 Å². The lowest BCUT2D eigenvalue weighted by Crippen LogP contribution is -2.50. The SMILES string of the molecule is O=C(c1csc(Cc2ccccc2)n1)N1CCN(CC2CCCCC2)CC1. The fraction of sp³-hybridized carbons (Fsp3) is 0.545. The van der Waals surface area contributed by atoms with Gasteiger partial charge in [-0.1, -0.05) is 49.6 Å². The minimum Gasteiger partial charge on any atom is -0.335 e. The number of piperazine rings is 1. The molecule has 1 saturated carbocycles. The normalized spacial score (nSPS) is 19.3. The first-order valence-corrected chi connectivity index (χ1v) is 11.2. The van der Waals surface area contributed by atoms with Crippen LogP contribution < -0.4 is 0 Å². The zero-order valence-electron chi connectivity index (χ0n) is 16.0. The van der Waals surface area contributed by atoms with Crippen molar-refractivity contribution in [1.29, 1.82) is 0 Å². The number of nitrogens with zero attached hydrogens (tertiary/aromatic N) is 3. The fourth-order valence-corrected chi connectivity index (χ4v) is 5.09. The Bertz CT molecular complexity index is 731. The molecule has 2 aliphatic rings. The van der Waals surface area contributed by atoms with E-state index in [1.807, 2.05) is 28.5 Å². The lowest BCUT2D eigenvalue weighted by atomic mass is 9.89. The molecule has 0 N–H and O–H groups in total. The second-order valence-electron chi connectivity index (χ2n) is 7.89. The molecule has 2 aromatic rings. The molecule has 27 heavy (non-hydrogen) atoms. The van der Waals surface area contributed by atoms with Crippen molar-refractivity contribution < 1.29 is 4.79 Å². The third-order valence-electron chi connectivity index (χ3n) is 5.87. The van der Waals surface area contributed by atoms with Gasteiger partial charge in [0, 0.05) is 44.5 Å². The largest absolute Gasteiger partial charge is 0.335 e. The molecule has 1 amide bonds. The molecular formula is C22H29N3OS. The topological polar surface area (TPSA) is 36.4 Å². The van der Waals surface area contributed by atoms with Crippen molar-refractivity contribution in [2.24, 2.45) is 5.92 Å². The van der Waals surface area contributed by atoms with E-state index >= 15 is 0 Å². The van der Waals surface area contributed by atoms with E-state index in [1.54, 1.807) is 11.3 Å². The van der Waals surface area contributed by atoms with Crippen LogP contribution >= 0.6 is 11.3 Å². The number of hydrogen-bond donors (Lipinski definition) is 0. The van der Waals surface area contributed by atoms with Gasteiger partial charge < -0.3 is 4.90 Å². The first-order chi connectivity index (χ1) is 13.3. The molecule has 1 aliphatic heterocycles. The average Bonchev–Trinajstić information content (AvgIpc) is 3.18. The van der Waals surface area contributed by atoms with E-state index in [0.29, 0.717) is 5.69 Å². The van der Waals surface area contributed by atoms with Gasteiger partial charge in [0.2, 0.25) is 0 Å². The molecule has 1 aromatic heterocycles. The molecule has 1 aromatic carbocycles. The van der Waals surface area contributed by atoms with E-state index < -0.39 is 0 Å². The molecule has 0 spiro atoms. The summed E-state index contributed by atoms with van der Waals surface area (Å²) in [7, 11) is 0. The van der Waals surface area contributed by atoms with E-state index in [9.17, 15) is 4.79 Å². The summed E-state index contributed by atoms with van der Waals surface area (Å²) in [5.74, 6) is 0.975. The van der Waals surface area contributed by atoms with Gasteiger partial charge in [0.05, 0.1) is 5.01 Å². The molecule has 5 heteroatoms. The van der Waals surface area contributed by atoms with Crippen molar-refractivity contribution in [2.75, 3.05) is 32.7 Å². The van der Waals surface area contributed by atoms with Crippen molar-refractivity contribution in [2.45, 2.75) is 38.5 Å². The van der Waals surface area contributed by atoms with Crippen molar-refractivity contribution in [1.82, 2.24) is 14.8 Å². The number of amides is 1. The van der Waals surface area contributed by atoms with E-state index in [4.69, 9.17) is 0 Å². The Kier molecular flexibility index (Phi) is 6.20.